The van der Waals surface area contributed by atoms with Gasteiger partial charge in [0.15, 0.2) is 0 Å². The second-order valence-electron chi connectivity index (χ2n) is 10.7. The van der Waals surface area contributed by atoms with Gasteiger partial charge in [-0.15, -0.1) is 0 Å². The number of morpholine rings is 1. The van der Waals surface area contributed by atoms with Gasteiger partial charge in [0.05, 0.1) is 41.0 Å². The monoisotopic (exact) mass is 564 g/mol. The molecule has 40 heavy (non-hydrogen) atoms. The van der Waals surface area contributed by atoms with Gasteiger partial charge in [-0.3, -0.25) is 13.9 Å². The molecule has 1 N–H and O–H groups in total. The summed E-state index contributed by atoms with van der Waals surface area (Å²) in [4.78, 5) is 45.7. The fourth-order valence-corrected chi connectivity index (χ4v) is 5.10. The van der Waals surface area contributed by atoms with Gasteiger partial charge in [0, 0.05) is 25.7 Å². The maximum absolute atomic E-state index is 13.3. The number of aromatic nitrogens is 3. The van der Waals surface area contributed by atoms with E-state index in [1.165, 1.54) is 10.8 Å². The zero-order valence-electron chi connectivity index (χ0n) is 21.8. The summed E-state index contributed by atoms with van der Waals surface area (Å²) in [5, 5.41) is 12.5. The minimum atomic E-state index is -0.367. The van der Waals surface area contributed by atoms with Crippen LogP contribution in [0, 0.1) is 23.2 Å². The van der Waals surface area contributed by atoms with Crippen LogP contribution in [0.25, 0.3) is 11.0 Å². The van der Waals surface area contributed by atoms with E-state index in [2.05, 4.69) is 10.3 Å². The lowest BCUT2D eigenvalue weighted by molar-refractivity contribution is -0.0336. The SMILES string of the molecule is N#Cc1ccc(OCC2CN(C(=O)Nc3cnc4c(c3)c(=O)n(CC3CC3)c(=O)n4CC3CC3)CCO2)cc1Cl. The third-order valence-electron chi connectivity index (χ3n) is 7.51. The van der Waals surface area contributed by atoms with E-state index in [1.807, 2.05) is 6.07 Å². The van der Waals surface area contributed by atoms with E-state index in [4.69, 9.17) is 26.3 Å². The van der Waals surface area contributed by atoms with E-state index in [-0.39, 0.29) is 30.0 Å². The number of hydrogen-bond donors (Lipinski definition) is 1. The molecule has 0 radical (unpaired) electrons. The van der Waals surface area contributed by atoms with Crippen molar-refractivity contribution < 1.29 is 14.3 Å². The van der Waals surface area contributed by atoms with Gasteiger partial charge < -0.3 is 19.7 Å². The average molecular weight is 565 g/mol. The maximum atomic E-state index is 13.3. The summed E-state index contributed by atoms with van der Waals surface area (Å²) in [6.07, 6.45) is 5.30. The minimum absolute atomic E-state index is 0.197. The molecule has 1 atom stereocenters. The highest BCUT2D eigenvalue weighted by atomic mass is 35.5. The maximum Gasteiger partial charge on any atom is 0.332 e. The summed E-state index contributed by atoms with van der Waals surface area (Å²) in [6.45, 7) is 2.19. The molecular formula is C28H29ClN6O5. The lowest BCUT2D eigenvalue weighted by Gasteiger charge is -2.32. The molecule has 1 aromatic carbocycles. The highest BCUT2D eigenvalue weighted by Crippen LogP contribution is 2.32. The number of hydrogen-bond acceptors (Lipinski definition) is 7. The van der Waals surface area contributed by atoms with Crippen LogP contribution < -0.4 is 21.3 Å². The van der Waals surface area contributed by atoms with Crippen LogP contribution in [0.2, 0.25) is 5.02 Å². The Bertz CT molecular complexity index is 1620. The molecule has 0 spiro atoms. The normalized spacial score (nSPS) is 18.9. The van der Waals surface area contributed by atoms with Gasteiger partial charge in [-0.1, -0.05) is 11.6 Å². The Morgan fingerprint density at radius 1 is 1.15 bits per heavy atom. The van der Waals surface area contributed by atoms with Crippen molar-refractivity contribution in [2.45, 2.75) is 44.9 Å². The molecule has 3 fully saturated rings. The average Bonchev–Trinajstić information content (AvgIpc) is 3.89. The molecule has 1 saturated heterocycles. The van der Waals surface area contributed by atoms with Crippen molar-refractivity contribution in [2.75, 3.05) is 31.6 Å². The Morgan fingerprint density at radius 3 is 2.60 bits per heavy atom. The summed E-state index contributed by atoms with van der Waals surface area (Å²) in [5.74, 6) is 1.30. The van der Waals surface area contributed by atoms with Crippen molar-refractivity contribution in [1.29, 1.82) is 5.26 Å². The molecule has 1 aliphatic heterocycles. The van der Waals surface area contributed by atoms with E-state index >= 15 is 0 Å². The number of ether oxygens (including phenoxy) is 2. The summed E-state index contributed by atoms with van der Waals surface area (Å²) < 4.78 is 14.5. The minimum Gasteiger partial charge on any atom is -0.491 e. The first-order chi connectivity index (χ1) is 19.4. The molecule has 2 aromatic heterocycles. The summed E-state index contributed by atoms with van der Waals surface area (Å²) in [5.41, 5.74) is 0.440. The summed E-state index contributed by atoms with van der Waals surface area (Å²) >= 11 is 6.08. The van der Waals surface area contributed by atoms with Crippen LogP contribution in [-0.4, -0.2) is 57.5 Å². The van der Waals surface area contributed by atoms with Crippen molar-refractivity contribution >= 4 is 34.4 Å². The number of nitrogens with one attached hydrogen (secondary N) is 1. The number of nitrogens with zero attached hydrogens (tertiary/aromatic N) is 5. The van der Waals surface area contributed by atoms with Gasteiger partial charge in [0.25, 0.3) is 5.56 Å². The number of halogens is 1. The van der Waals surface area contributed by atoms with Crippen molar-refractivity contribution in [3.05, 3.63) is 61.9 Å². The molecule has 1 unspecified atom stereocenters. The zero-order valence-corrected chi connectivity index (χ0v) is 22.6. The number of amides is 2. The number of pyridine rings is 1. The van der Waals surface area contributed by atoms with Crippen molar-refractivity contribution in [1.82, 2.24) is 19.0 Å². The lowest BCUT2D eigenvalue weighted by Crippen LogP contribution is -2.49. The molecule has 3 aromatic rings. The number of carbonyl (C=O) groups is 1. The predicted octanol–water partition coefficient (Wildman–Crippen LogP) is 3.21. The number of urea groups is 1. The van der Waals surface area contributed by atoms with Gasteiger partial charge in [0.1, 0.15) is 30.2 Å². The van der Waals surface area contributed by atoms with Gasteiger partial charge in [-0.05, 0) is 55.7 Å². The summed E-state index contributed by atoms with van der Waals surface area (Å²) in [7, 11) is 0. The largest absolute Gasteiger partial charge is 0.491 e. The molecule has 6 rings (SSSR count). The predicted molar refractivity (Wildman–Crippen MR) is 148 cm³/mol. The highest BCUT2D eigenvalue weighted by molar-refractivity contribution is 6.31. The van der Waals surface area contributed by atoms with E-state index in [0.717, 1.165) is 25.7 Å². The zero-order chi connectivity index (χ0) is 27.8. The first kappa shape index (κ1) is 26.3. The molecule has 208 valence electrons. The highest BCUT2D eigenvalue weighted by Gasteiger charge is 2.29. The standard InChI is InChI=1S/C28H29ClN6O5/c29-24-10-21(6-5-19(24)11-30)40-16-22-15-33(7-8-39-22)27(37)32-20-9-23-25(31-12-20)34(13-17-1-2-17)28(38)35(26(23)36)14-18-3-4-18/h5-6,9-10,12,17-18,22H,1-4,7-8,13-16H2,(H,32,37). The second kappa shape index (κ2) is 10.9. The van der Waals surface area contributed by atoms with Crippen molar-refractivity contribution in [2.24, 2.45) is 11.8 Å². The van der Waals surface area contributed by atoms with Crippen molar-refractivity contribution in [3.8, 4) is 11.8 Å². The van der Waals surface area contributed by atoms with Gasteiger partial charge in [-0.2, -0.15) is 5.26 Å². The first-order valence-corrected chi connectivity index (χ1v) is 13.9. The van der Waals surface area contributed by atoms with Crippen LogP contribution in [0.4, 0.5) is 10.5 Å². The quantitative estimate of drug-likeness (QED) is 0.444. The molecule has 11 nitrogen and oxygen atoms in total. The Labute approximate surface area is 234 Å². The van der Waals surface area contributed by atoms with Crippen LogP contribution >= 0.6 is 11.6 Å². The Hall–Kier alpha value is -3.88. The van der Waals surface area contributed by atoms with Gasteiger partial charge in [-0.25, -0.2) is 14.6 Å². The summed E-state index contributed by atoms with van der Waals surface area (Å²) in [6, 6.07) is 8.09. The van der Waals surface area contributed by atoms with E-state index in [1.54, 1.807) is 33.7 Å². The van der Waals surface area contributed by atoms with Crippen LogP contribution in [0.3, 0.4) is 0 Å². The molecule has 2 aliphatic carbocycles. The van der Waals surface area contributed by atoms with Gasteiger partial charge >= 0.3 is 11.7 Å². The number of rotatable bonds is 8. The number of benzene rings is 1. The first-order valence-electron chi connectivity index (χ1n) is 13.5. The lowest BCUT2D eigenvalue weighted by atomic mass is 10.2. The molecule has 12 heteroatoms. The van der Waals surface area contributed by atoms with E-state index in [9.17, 15) is 14.4 Å². The molecular weight excluding hydrogens is 536 g/mol. The number of carbonyl (C=O) groups excluding carboxylic acids is 1. The van der Waals surface area contributed by atoms with Crippen LogP contribution in [0.5, 0.6) is 5.75 Å². The topological polar surface area (TPSA) is 131 Å². The fourth-order valence-electron chi connectivity index (χ4n) is 4.88. The van der Waals surface area contributed by atoms with Crippen molar-refractivity contribution in [3.63, 3.8) is 0 Å². The van der Waals surface area contributed by atoms with Crippen LogP contribution in [-0.2, 0) is 17.8 Å². The molecule has 3 aliphatic rings. The Morgan fingerprint density at radius 2 is 1.90 bits per heavy atom. The fraction of sp³-hybridized carbons (Fsp3) is 0.464. The Kier molecular flexibility index (Phi) is 7.21. The van der Waals surface area contributed by atoms with E-state index < -0.39 is 0 Å². The number of fused-ring (bicyclic) bond motifs is 1. The third kappa shape index (κ3) is 5.69. The Balaban J connectivity index is 1.16. The van der Waals surface area contributed by atoms with Gasteiger partial charge in [0.2, 0.25) is 0 Å². The number of anilines is 1. The number of nitriles is 1. The molecule has 2 saturated carbocycles. The molecule has 2 amide bonds. The van der Waals surface area contributed by atoms with Crippen LogP contribution in [0.1, 0.15) is 31.2 Å². The third-order valence-corrected chi connectivity index (χ3v) is 7.82. The van der Waals surface area contributed by atoms with Crippen LogP contribution in [0.15, 0.2) is 40.1 Å². The van der Waals surface area contributed by atoms with E-state index in [0.29, 0.717) is 77.7 Å². The molecule has 0 bridgehead atoms. The molecule has 3 heterocycles. The second-order valence-corrected chi connectivity index (χ2v) is 11.1. The smallest absolute Gasteiger partial charge is 0.332 e.